The molecule has 0 bridgehead atoms. The number of aryl methyl sites for hydroxylation is 1. The van der Waals surface area contributed by atoms with Crippen molar-refractivity contribution in [3.05, 3.63) is 98.5 Å². The van der Waals surface area contributed by atoms with E-state index in [2.05, 4.69) is 5.32 Å². The van der Waals surface area contributed by atoms with Gasteiger partial charge in [0.2, 0.25) is 21.8 Å². The quantitative estimate of drug-likeness (QED) is 0.283. The lowest BCUT2D eigenvalue weighted by atomic mass is 10.0. The molecule has 7 nitrogen and oxygen atoms in total. The zero-order valence-electron chi connectivity index (χ0n) is 23.6. The number of hydrogen-bond donors (Lipinski definition) is 1. The van der Waals surface area contributed by atoms with Crippen LogP contribution in [0.1, 0.15) is 37.5 Å². The van der Waals surface area contributed by atoms with Crippen LogP contribution < -0.4 is 9.62 Å². The van der Waals surface area contributed by atoms with Crippen LogP contribution in [0.5, 0.6) is 0 Å². The summed E-state index contributed by atoms with van der Waals surface area (Å²) in [7, 11) is -3.92. The molecule has 0 aromatic heterocycles. The number of sulfonamides is 1. The molecule has 0 aliphatic rings. The summed E-state index contributed by atoms with van der Waals surface area (Å²) in [5.41, 5.74) is 1.77. The summed E-state index contributed by atoms with van der Waals surface area (Å²) in [6.45, 7) is 6.72. The minimum atomic E-state index is -3.92. The molecule has 220 valence electrons. The Morgan fingerprint density at radius 1 is 0.902 bits per heavy atom. The monoisotopic (exact) mass is 637 g/mol. The lowest BCUT2D eigenvalue weighted by Crippen LogP contribution is -2.56. The van der Waals surface area contributed by atoms with Gasteiger partial charge in [0.05, 0.1) is 22.0 Å². The Morgan fingerprint density at radius 3 is 2.15 bits per heavy atom. The van der Waals surface area contributed by atoms with Crippen molar-refractivity contribution in [2.45, 2.75) is 52.2 Å². The number of halogens is 3. The first kappa shape index (κ1) is 32.7. The highest BCUT2D eigenvalue weighted by Gasteiger charge is 2.34. The maximum absolute atomic E-state index is 14.2. The van der Waals surface area contributed by atoms with Crippen molar-refractivity contribution in [2.75, 3.05) is 17.1 Å². The maximum Gasteiger partial charge on any atom is 0.244 e. The number of hydrogen-bond acceptors (Lipinski definition) is 4. The highest BCUT2D eigenvalue weighted by Crippen LogP contribution is 2.28. The zero-order chi connectivity index (χ0) is 30.5. The smallest absolute Gasteiger partial charge is 0.244 e. The summed E-state index contributed by atoms with van der Waals surface area (Å²) < 4.78 is 27.0. The van der Waals surface area contributed by atoms with Crippen LogP contribution in [-0.2, 0) is 32.6 Å². The third-order valence-corrected chi connectivity index (χ3v) is 8.33. The summed E-state index contributed by atoms with van der Waals surface area (Å²) >= 11 is 18.6. The van der Waals surface area contributed by atoms with E-state index in [-0.39, 0.29) is 24.6 Å². The second-order valence-electron chi connectivity index (χ2n) is 10.9. The van der Waals surface area contributed by atoms with E-state index in [0.717, 1.165) is 16.1 Å². The fraction of sp³-hybridized carbons (Fsp3) is 0.333. The topological polar surface area (TPSA) is 86.8 Å². The standard InChI is InChI=1S/C30H34Cl3N3O4S/c1-20-11-13-23(31)17-26(20)36(41(5,39)40)19-28(37)35(18-22-12-14-24(32)25(33)15-22)27(29(38)34-30(2,3)4)16-21-9-7-6-8-10-21/h6-15,17,27H,16,18-19H2,1-5H3,(H,34,38). The zero-order valence-corrected chi connectivity index (χ0v) is 26.7. The molecule has 0 aliphatic carbocycles. The van der Waals surface area contributed by atoms with Crippen LogP contribution in [0, 0.1) is 6.92 Å². The number of carbonyl (C=O) groups excluding carboxylic acids is 2. The molecule has 0 radical (unpaired) electrons. The molecule has 3 aromatic carbocycles. The van der Waals surface area contributed by atoms with Gasteiger partial charge < -0.3 is 10.2 Å². The molecule has 0 fully saturated rings. The molecule has 3 aromatic rings. The first-order valence-corrected chi connectivity index (χ1v) is 15.9. The van der Waals surface area contributed by atoms with Gasteiger partial charge in [0.25, 0.3) is 0 Å². The van der Waals surface area contributed by atoms with Gasteiger partial charge in [-0.2, -0.15) is 0 Å². The van der Waals surface area contributed by atoms with Crippen LogP contribution in [0.3, 0.4) is 0 Å². The SMILES string of the molecule is Cc1ccc(Cl)cc1N(CC(=O)N(Cc1ccc(Cl)c(Cl)c1)C(Cc1ccccc1)C(=O)NC(C)(C)C)S(C)(=O)=O. The van der Waals surface area contributed by atoms with E-state index in [1.807, 2.05) is 51.1 Å². The second-order valence-corrected chi connectivity index (χ2v) is 14.1. The molecule has 0 aliphatic heterocycles. The number of anilines is 1. The van der Waals surface area contributed by atoms with E-state index in [1.165, 1.54) is 11.0 Å². The molecule has 1 N–H and O–H groups in total. The highest BCUT2D eigenvalue weighted by molar-refractivity contribution is 7.92. The molecule has 0 heterocycles. The lowest BCUT2D eigenvalue weighted by Gasteiger charge is -2.35. The Balaban J connectivity index is 2.12. The molecule has 41 heavy (non-hydrogen) atoms. The Hall–Kier alpha value is -2.78. The predicted octanol–water partition coefficient (Wildman–Crippen LogP) is 6.28. The normalized spacial score (nSPS) is 12.5. The first-order chi connectivity index (χ1) is 19.0. The van der Waals surface area contributed by atoms with Gasteiger partial charge in [-0.3, -0.25) is 13.9 Å². The van der Waals surface area contributed by atoms with Gasteiger partial charge in [0, 0.05) is 23.5 Å². The number of rotatable bonds is 10. The number of carbonyl (C=O) groups is 2. The van der Waals surface area contributed by atoms with E-state index >= 15 is 0 Å². The predicted molar refractivity (Wildman–Crippen MR) is 167 cm³/mol. The summed E-state index contributed by atoms with van der Waals surface area (Å²) in [6, 6.07) is 18.1. The number of amides is 2. The third-order valence-electron chi connectivity index (χ3n) is 6.23. The van der Waals surface area contributed by atoms with Gasteiger partial charge in [-0.15, -0.1) is 0 Å². The Morgan fingerprint density at radius 2 is 1.56 bits per heavy atom. The van der Waals surface area contributed by atoms with E-state index in [4.69, 9.17) is 34.8 Å². The van der Waals surface area contributed by atoms with Crippen LogP contribution >= 0.6 is 34.8 Å². The Kier molecular flexibility index (Phi) is 10.7. The van der Waals surface area contributed by atoms with Gasteiger partial charge in [-0.05, 0) is 68.7 Å². The van der Waals surface area contributed by atoms with E-state index in [9.17, 15) is 18.0 Å². The highest BCUT2D eigenvalue weighted by atomic mass is 35.5. The Bertz CT molecular complexity index is 1510. The van der Waals surface area contributed by atoms with Crippen LogP contribution in [0.15, 0.2) is 66.7 Å². The van der Waals surface area contributed by atoms with E-state index in [0.29, 0.717) is 26.2 Å². The van der Waals surface area contributed by atoms with Crippen molar-refractivity contribution in [1.29, 1.82) is 0 Å². The van der Waals surface area contributed by atoms with Gasteiger partial charge in [0.1, 0.15) is 12.6 Å². The molecular formula is C30H34Cl3N3O4S. The van der Waals surface area contributed by atoms with Crippen LogP contribution in [-0.4, -0.2) is 49.5 Å². The largest absolute Gasteiger partial charge is 0.350 e. The molecule has 0 saturated carbocycles. The van der Waals surface area contributed by atoms with Crippen molar-refractivity contribution in [2.24, 2.45) is 0 Å². The number of benzene rings is 3. The molecule has 11 heteroatoms. The van der Waals surface area contributed by atoms with Crippen molar-refractivity contribution in [3.63, 3.8) is 0 Å². The summed E-state index contributed by atoms with van der Waals surface area (Å²) in [4.78, 5) is 29.3. The van der Waals surface area contributed by atoms with E-state index in [1.54, 1.807) is 37.3 Å². The van der Waals surface area contributed by atoms with Crippen molar-refractivity contribution < 1.29 is 18.0 Å². The minimum absolute atomic E-state index is 0.0169. The van der Waals surface area contributed by atoms with Gasteiger partial charge >= 0.3 is 0 Å². The summed E-state index contributed by atoms with van der Waals surface area (Å²) in [5, 5.41) is 3.95. The van der Waals surface area contributed by atoms with Gasteiger partial charge in [-0.1, -0.05) is 77.3 Å². The van der Waals surface area contributed by atoms with Crippen LogP contribution in [0.2, 0.25) is 15.1 Å². The molecule has 1 atom stereocenters. The van der Waals surface area contributed by atoms with Crippen molar-refractivity contribution in [3.8, 4) is 0 Å². The molecule has 0 saturated heterocycles. The van der Waals surface area contributed by atoms with E-state index < -0.39 is 34.1 Å². The fourth-order valence-electron chi connectivity index (χ4n) is 4.29. The van der Waals surface area contributed by atoms with Crippen LogP contribution in [0.25, 0.3) is 0 Å². The molecule has 2 amide bonds. The first-order valence-electron chi connectivity index (χ1n) is 12.9. The molecule has 3 rings (SSSR count). The van der Waals surface area contributed by atoms with Crippen LogP contribution in [0.4, 0.5) is 5.69 Å². The molecule has 1 unspecified atom stereocenters. The Labute approximate surface area is 257 Å². The summed E-state index contributed by atoms with van der Waals surface area (Å²) in [6.07, 6.45) is 1.22. The number of nitrogens with zero attached hydrogens (tertiary/aromatic N) is 2. The van der Waals surface area contributed by atoms with Crippen molar-refractivity contribution >= 4 is 62.3 Å². The van der Waals surface area contributed by atoms with Gasteiger partial charge in [0.15, 0.2) is 0 Å². The average molecular weight is 639 g/mol. The fourth-order valence-corrected chi connectivity index (χ4v) is 5.67. The minimum Gasteiger partial charge on any atom is -0.350 e. The molecular weight excluding hydrogens is 605 g/mol. The maximum atomic E-state index is 14.2. The summed E-state index contributed by atoms with van der Waals surface area (Å²) in [5.74, 6) is -0.953. The lowest BCUT2D eigenvalue weighted by molar-refractivity contribution is -0.140. The number of nitrogens with one attached hydrogen (secondary N) is 1. The van der Waals surface area contributed by atoms with Crippen molar-refractivity contribution in [1.82, 2.24) is 10.2 Å². The average Bonchev–Trinajstić information content (AvgIpc) is 2.87. The van der Waals surface area contributed by atoms with Gasteiger partial charge in [-0.25, -0.2) is 8.42 Å². The third kappa shape index (κ3) is 9.36. The molecule has 0 spiro atoms. The second kappa shape index (κ2) is 13.5.